The van der Waals surface area contributed by atoms with Crippen LogP contribution in [0.3, 0.4) is 0 Å². The number of rotatable bonds is 7. The average Bonchev–Trinajstić information content (AvgIpc) is 2.67. The van der Waals surface area contributed by atoms with Crippen molar-refractivity contribution >= 4 is 17.7 Å². The molecule has 1 aromatic carbocycles. The fourth-order valence-electron chi connectivity index (χ4n) is 3.27. The Labute approximate surface area is 174 Å². The summed E-state index contributed by atoms with van der Waals surface area (Å²) in [7, 11) is 0. The van der Waals surface area contributed by atoms with Crippen LogP contribution >= 0.6 is 0 Å². The van der Waals surface area contributed by atoms with E-state index in [1.54, 1.807) is 25.7 Å². The Kier molecular flexibility index (Phi) is 7.01. The van der Waals surface area contributed by atoms with Gasteiger partial charge in [0.25, 0.3) is 5.69 Å². The first kappa shape index (κ1) is 23.5. The lowest BCUT2D eigenvalue weighted by Crippen LogP contribution is -2.63. The van der Waals surface area contributed by atoms with E-state index >= 15 is 0 Å². The van der Waals surface area contributed by atoms with Gasteiger partial charge in [0, 0.05) is 30.1 Å². The van der Waals surface area contributed by atoms with E-state index in [9.17, 15) is 29.9 Å². The summed E-state index contributed by atoms with van der Waals surface area (Å²) in [4.78, 5) is 36.2. The highest BCUT2D eigenvalue weighted by Gasteiger charge is 2.45. The van der Waals surface area contributed by atoms with Gasteiger partial charge >= 0.3 is 12.0 Å². The Morgan fingerprint density at radius 1 is 1.27 bits per heavy atom. The van der Waals surface area contributed by atoms with E-state index in [2.05, 4.69) is 10.6 Å². The number of amides is 2. The van der Waals surface area contributed by atoms with Gasteiger partial charge in [-0.05, 0) is 26.0 Å². The number of nitrogens with zero attached hydrogens (tertiary/aromatic N) is 2. The summed E-state index contributed by atoms with van der Waals surface area (Å²) in [5.74, 6) is -1.24. The predicted octanol–water partition coefficient (Wildman–Crippen LogP) is 1.26. The molecule has 0 saturated carbocycles. The summed E-state index contributed by atoms with van der Waals surface area (Å²) in [6.07, 6.45) is -0.684. The maximum absolute atomic E-state index is 12.4. The minimum absolute atomic E-state index is 0.0524. The van der Waals surface area contributed by atoms with Gasteiger partial charge in [0.2, 0.25) is 0 Å². The van der Waals surface area contributed by atoms with E-state index in [4.69, 9.17) is 4.74 Å². The van der Waals surface area contributed by atoms with Crippen LogP contribution in [0, 0.1) is 10.1 Å². The van der Waals surface area contributed by atoms with Crippen molar-refractivity contribution in [2.24, 2.45) is 0 Å². The van der Waals surface area contributed by atoms with Gasteiger partial charge in [0.05, 0.1) is 29.9 Å². The van der Waals surface area contributed by atoms with Crippen LogP contribution in [0.1, 0.15) is 43.6 Å². The molecule has 1 heterocycles. The first-order valence-corrected chi connectivity index (χ1v) is 9.52. The second-order valence-electron chi connectivity index (χ2n) is 7.91. The average molecular weight is 424 g/mol. The molecule has 11 heteroatoms. The number of carboxylic acid groups (broad SMARTS) is 1. The molecule has 0 spiro atoms. The molecule has 11 nitrogen and oxygen atoms in total. The molecule has 2 unspecified atom stereocenters. The largest absolute Gasteiger partial charge is 0.478 e. The topological polar surface area (TPSA) is 154 Å². The van der Waals surface area contributed by atoms with Crippen molar-refractivity contribution in [2.45, 2.75) is 45.0 Å². The molecule has 166 valence electrons. The Balaban J connectivity index is 2.24. The van der Waals surface area contributed by atoms with Crippen LogP contribution in [0.4, 0.5) is 10.5 Å². The van der Waals surface area contributed by atoms with Crippen molar-refractivity contribution in [1.82, 2.24) is 15.5 Å². The summed E-state index contributed by atoms with van der Waals surface area (Å²) < 4.78 is 5.21. The maximum Gasteiger partial charge on any atom is 0.335 e. The summed E-state index contributed by atoms with van der Waals surface area (Å²) in [6.45, 7) is 7.97. The predicted molar refractivity (Wildman–Crippen MR) is 107 cm³/mol. The van der Waals surface area contributed by atoms with Crippen molar-refractivity contribution in [3.63, 3.8) is 0 Å². The molecule has 4 N–H and O–H groups in total. The van der Waals surface area contributed by atoms with E-state index in [0.29, 0.717) is 26.3 Å². The Morgan fingerprint density at radius 3 is 2.40 bits per heavy atom. The number of aromatic carboxylic acids is 1. The Hall–Kier alpha value is -2.76. The third-order valence-corrected chi connectivity index (χ3v) is 5.47. The van der Waals surface area contributed by atoms with Crippen molar-refractivity contribution < 1.29 is 29.5 Å². The number of hydrogen-bond donors (Lipinski definition) is 4. The molecule has 1 saturated heterocycles. The monoisotopic (exact) mass is 424 g/mol. The molecule has 1 aliphatic rings. The lowest BCUT2D eigenvalue weighted by atomic mass is 9.74. The van der Waals surface area contributed by atoms with Gasteiger partial charge in [0.15, 0.2) is 0 Å². The molecule has 0 aliphatic carbocycles. The second-order valence-corrected chi connectivity index (χ2v) is 7.91. The number of aliphatic hydroxyl groups is 1. The normalized spacial score (nSPS) is 17.7. The van der Waals surface area contributed by atoms with E-state index in [1.807, 2.05) is 0 Å². The molecule has 2 rings (SSSR count). The summed E-state index contributed by atoms with van der Waals surface area (Å²) >= 11 is 0. The van der Waals surface area contributed by atoms with Crippen LogP contribution in [0.5, 0.6) is 0 Å². The number of nitro groups is 1. The van der Waals surface area contributed by atoms with Gasteiger partial charge in [-0.1, -0.05) is 13.8 Å². The molecule has 0 radical (unpaired) electrons. The summed E-state index contributed by atoms with van der Waals surface area (Å²) in [6, 6.07) is 3.12. The summed E-state index contributed by atoms with van der Waals surface area (Å²) in [5.41, 5.74) is -3.42. The van der Waals surface area contributed by atoms with Gasteiger partial charge in [-0.2, -0.15) is 0 Å². The fourth-order valence-corrected chi connectivity index (χ4v) is 3.27. The van der Waals surface area contributed by atoms with Gasteiger partial charge in [-0.25, -0.2) is 9.59 Å². The van der Waals surface area contributed by atoms with E-state index in [1.165, 1.54) is 13.0 Å². The van der Waals surface area contributed by atoms with Gasteiger partial charge < -0.3 is 25.2 Å². The number of urea groups is 1. The lowest BCUT2D eigenvalue weighted by molar-refractivity contribution is -0.386. The second kappa shape index (κ2) is 8.94. The van der Waals surface area contributed by atoms with Crippen LogP contribution < -0.4 is 10.6 Å². The van der Waals surface area contributed by atoms with Crippen LogP contribution in [-0.4, -0.2) is 70.2 Å². The van der Waals surface area contributed by atoms with Gasteiger partial charge in [-0.3, -0.25) is 15.4 Å². The minimum atomic E-state index is -1.74. The number of nitro benzene ring substituents is 1. The van der Waals surface area contributed by atoms with Crippen molar-refractivity contribution in [2.75, 3.05) is 26.3 Å². The van der Waals surface area contributed by atoms with Crippen LogP contribution in [-0.2, 0) is 10.2 Å². The number of hydrogen-bond acceptors (Lipinski definition) is 7. The number of nitrogens with one attached hydrogen (secondary N) is 2. The van der Waals surface area contributed by atoms with Gasteiger partial charge in [-0.15, -0.1) is 0 Å². The SMILES string of the molecule is CC(NC(=O)N1CCOCC1)NC(C)(O)C(C)(C)c1cc(C(=O)O)ccc1[N+](=O)[O-]. The van der Waals surface area contributed by atoms with Crippen LogP contribution in [0.2, 0.25) is 0 Å². The zero-order chi connectivity index (χ0) is 22.7. The maximum atomic E-state index is 12.4. The molecule has 1 aliphatic heterocycles. The highest BCUT2D eigenvalue weighted by Crippen LogP contribution is 2.39. The molecular weight excluding hydrogens is 396 g/mol. The van der Waals surface area contributed by atoms with E-state index in [-0.39, 0.29) is 22.8 Å². The zero-order valence-corrected chi connectivity index (χ0v) is 17.5. The number of carboxylic acids is 1. The standard InChI is InChI=1S/C19H28N4O7/c1-12(20-17(26)22-7-9-30-10-8-22)21-19(4,27)18(2,3)14-11-13(16(24)25)5-6-15(14)23(28)29/h5-6,11-12,21,27H,7-10H2,1-4H3,(H,20,26)(H,24,25). The highest BCUT2D eigenvalue weighted by atomic mass is 16.6. The fraction of sp³-hybridized carbons (Fsp3) is 0.579. The first-order chi connectivity index (χ1) is 13.9. The summed E-state index contributed by atoms with van der Waals surface area (Å²) in [5, 5.41) is 37.5. The molecule has 1 fully saturated rings. The van der Waals surface area contributed by atoms with Gasteiger partial charge in [0.1, 0.15) is 5.72 Å². The number of benzene rings is 1. The smallest absolute Gasteiger partial charge is 0.335 e. The third-order valence-electron chi connectivity index (χ3n) is 5.47. The molecular formula is C19H28N4O7. The molecule has 30 heavy (non-hydrogen) atoms. The molecule has 1 aromatic rings. The number of ether oxygens (including phenoxy) is 1. The molecule has 2 amide bonds. The Morgan fingerprint density at radius 2 is 1.87 bits per heavy atom. The molecule has 2 atom stereocenters. The van der Waals surface area contributed by atoms with E-state index in [0.717, 1.165) is 12.1 Å². The van der Waals surface area contributed by atoms with Crippen molar-refractivity contribution in [3.05, 3.63) is 39.4 Å². The highest BCUT2D eigenvalue weighted by molar-refractivity contribution is 5.88. The first-order valence-electron chi connectivity index (χ1n) is 9.52. The lowest BCUT2D eigenvalue weighted by Gasteiger charge is -2.42. The van der Waals surface area contributed by atoms with Crippen molar-refractivity contribution in [1.29, 1.82) is 0 Å². The Bertz CT molecular complexity index is 819. The van der Waals surface area contributed by atoms with Crippen LogP contribution in [0.15, 0.2) is 18.2 Å². The van der Waals surface area contributed by atoms with Crippen LogP contribution in [0.25, 0.3) is 0 Å². The number of morpholine rings is 1. The molecule has 0 bridgehead atoms. The quantitative estimate of drug-likeness (QED) is 0.290. The number of carbonyl (C=O) groups is 2. The third kappa shape index (κ3) is 5.04. The zero-order valence-electron chi connectivity index (χ0n) is 17.5. The number of carbonyl (C=O) groups excluding carboxylic acids is 1. The van der Waals surface area contributed by atoms with E-state index < -0.39 is 28.2 Å². The molecule has 0 aromatic heterocycles. The minimum Gasteiger partial charge on any atom is -0.478 e. The van der Waals surface area contributed by atoms with Crippen molar-refractivity contribution in [3.8, 4) is 0 Å².